The molecule has 0 radical (unpaired) electrons. The van der Waals surface area contributed by atoms with Crippen LogP contribution in [0.15, 0.2) is 54.6 Å². The second kappa shape index (κ2) is 6.36. The highest BCUT2D eigenvalue weighted by atomic mass is 16.7. The van der Waals surface area contributed by atoms with E-state index in [4.69, 9.17) is 9.47 Å². The first-order valence-corrected chi connectivity index (χ1v) is 8.09. The molecular formula is C19H19NO4. The number of nitrogens with zero attached hydrogens (tertiary/aromatic N) is 1. The fraction of sp³-hybridized carbons (Fsp3) is 0.316. The molecule has 2 fully saturated rings. The van der Waals surface area contributed by atoms with Gasteiger partial charge in [-0.1, -0.05) is 54.6 Å². The van der Waals surface area contributed by atoms with Crippen LogP contribution in [0.4, 0.5) is 0 Å². The highest BCUT2D eigenvalue weighted by molar-refractivity contribution is 5.74. The molecule has 1 unspecified atom stereocenters. The second-order valence-corrected chi connectivity index (χ2v) is 6.24. The average molecular weight is 325 g/mol. The zero-order chi connectivity index (χ0) is 16.5. The van der Waals surface area contributed by atoms with E-state index in [2.05, 4.69) is 36.4 Å². The minimum atomic E-state index is -0.902. The number of rotatable bonds is 4. The molecule has 24 heavy (non-hydrogen) atoms. The molecule has 0 spiro atoms. The summed E-state index contributed by atoms with van der Waals surface area (Å²) < 4.78 is 11.0. The number of fused-ring (bicyclic) bond motifs is 2. The van der Waals surface area contributed by atoms with E-state index in [9.17, 15) is 9.90 Å². The van der Waals surface area contributed by atoms with Crippen LogP contribution in [0, 0.1) is 0 Å². The topological polar surface area (TPSA) is 59.0 Å². The van der Waals surface area contributed by atoms with E-state index in [1.54, 1.807) is 0 Å². The van der Waals surface area contributed by atoms with Crippen molar-refractivity contribution < 1.29 is 19.4 Å². The van der Waals surface area contributed by atoms with Gasteiger partial charge in [-0.3, -0.25) is 9.69 Å². The van der Waals surface area contributed by atoms with Gasteiger partial charge in [0.15, 0.2) is 12.3 Å². The summed E-state index contributed by atoms with van der Waals surface area (Å²) in [6.07, 6.45) is -0.695. The van der Waals surface area contributed by atoms with Gasteiger partial charge < -0.3 is 14.6 Å². The maximum Gasteiger partial charge on any atom is 0.326 e. The quantitative estimate of drug-likeness (QED) is 0.935. The van der Waals surface area contributed by atoms with Gasteiger partial charge in [0, 0.05) is 13.1 Å². The van der Waals surface area contributed by atoms with Crippen LogP contribution >= 0.6 is 0 Å². The van der Waals surface area contributed by atoms with Crippen LogP contribution in [0.1, 0.15) is 5.56 Å². The van der Waals surface area contributed by atoms with E-state index in [-0.39, 0.29) is 6.10 Å². The van der Waals surface area contributed by atoms with Crippen molar-refractivity contribution in [1.29, 1.82) is 0 Å². The highest BCUT2D eigenvalue weighted by Gasteiger charge is 2.46. The fourth-order valence-corrected chi connectivity index (χ4v) is 3.38. The number of carboxylic acid groups (broad SMARTS) is 1. The predicted octanol–water partition coefficient (Wildman–Crippen LogP) is 2.36. The van der Waals surface area contributed by atoms with Gasteiger partial charge in [0.25, 0.3) is 0 Å². The summed E-state index contributed by atoms with van der Waals surface area (Å²) in [5.74, 6) is -0.902. The van der Waals surface area contributed by atoms with Crippen molar-refractivity contribution in [3.63, 3.8) is 0 Å². The Balaban J connectivity index is 1.51. The first-order chi connectivity index (χ1) is 11.7. The van der Waals surface area contributed by atoms with Gasteiger partial charge in [-0.2, -0.15) is 0 Å². The van der Waals surface area contributed by atoms with Crippen molar-refractivity contribution in [2.24, 2.45) is 0 Å². The Kier molecular flexibility index (Phi) is 4.06. The van der Waals surface area contributed by atoms with Crippen molar-refractivity contribution in [3.8, 4) is 11.1 Å². The Morgan fingerprint density at radius 2 is 1.79 bits per heavy atom. The van der Waals surface area contributed by atoms with Crippen molar-refractivity contribution in [2.45, 2.75) is 25.0 Å². The standard InChI is InChI=1S/C19H19NO4/c21-18(22)17-19-23-12-16(24-19)11-20(17)10-13-6-8-15(9-7-13)14-4-2-1-3-5-14/h1-9,16-17,19H,10-12H2,(H,21,22)/t16-,17?,19+/m0/s1. The molecule has 2 aromatic carbocycles. The molecule has 2 aromatic rings. The number of carbonyl (C=O) groups is 1. The largest absolute Gasteiger partial charge is 0.480 e. The third kappa shape index (κ3) is 2.94. The zero-order valence-corrected chi connectivity index (χ0v) is 13.2. The van der Waals surface area contributed by atoms with E-state index >= 15 is 0 Å². The van der Waals surface area contributed by atoms with Crippen LogP contribution in [0.5, 0.6) is 0 Å². The van der Waals surface area contributed by atoms with E-state index < -0.39 is 18.3 Å². The van der Waals surface area contributed by atoms with Crippen molar-refractivity contribution in [3.05, 3.63) is 60.2 Å². The number of ether oxygens (including phenoxy) is 2. The first-order valence-electron chi connectivity index (χ1n) is 8.09. The van der Waals surface area contributed by atoms with Crippen LogP contribution in [0.2, 0.25) is 0 Å². The van der Waals surface area contributed by atoms with Gasteiger partial charge in [-0.15, -0.1) is 0 Å². The normalized spacial score (nSPS) is 26.4. The van der Waals surface area contributed by atoms with Gasteiger partial charge in [-0.25, -0.2) is 0 Å². The van der Waals surface area contributed by atoms with E-state index in [0.717, 1.165) is 11.1 Å². The maximum atomic E-state index is 11.6. The molecule has 2 heterocycles. The highest BCUT2D eigenvalue weighted by Crippen LogP contribution is 2.28. The molecule has 2 aliphatic rings. The van der Waals surface area contributed by atoms with Crippen LogP contribution in [0.25, 0.3) is 11.1 Å². The molecule has 2 bridgehead atoms. The van der Waals surface area contributed by atoms with Crippen molar-refractivity contribution >= 4 is 5.97 Å². The number of aliphatic carboxylic acids is 1. The molecule has 2 saturated heterocycles. The first kappa shape index (κ1) is 15.3. The Labute approximate surface area is 140 Å². The summed E-state index contributed by atoms with van der Waals surface area (Å²) in [6, 6.07) is 17.7. The molecule has 0 saturated carbocycles. The third-order valence-electron chi connectivity index (χ3n) is 4.56. The summed E-state index contributed by atoms with van der Waals surface area (Å²) in [5.41, 5.74) is 3.41. The van der Waals surface area contributed by atoms with Crippen LogP contribution in [-0.2, 0) is 20.8 Å². The predicted molar refractivity (Wildman–Crippen MR) is 88.3 cm³/mol. The summed E-state index contributed by atoms with van der Waals surface area (Å²) in [5, 5.41) is 9.50. The Bertz CT molecular complexity index is 716. The van der Waals surface area contributed by atoms with E-state index in [1.807, 2.05) is 23.1 Å². The Hall–Kier alpha value is -2.21. The summed E-state index contributed by atoms with van der Waals surface area (Å²) in [7, 11) is 0. The van der Waals surface area contributed by atoms with Gasteiger partial charge in [0.2, 0.25) is 0 Å². The molecule has 5 nitrogen and oxygen atoms in total. The van der Waals surface area contributed by atoms with Crippen molar-refractivity contribution in [1.82, 2.24) is 4.90 Å². The fourth-order valence-electron chi connectivity index (χ4n) is 3.38. The van der Waals surface area contributed by atoms with E-state index in [0.29, 0.717) is 19.7 Å². The summed E-state index contributed by atoms with van der Waals surface area (Å²) in [6.45, 7) is 1.62. The molecule has 4 rings (SSSR count). The third-order valence-corrected chi connectivity index (χ3v) is 4.56. The number of morpholine rings is 1. The van der Waals surface area contributed by atoms with Gasteiger partial charge in [0.1, 0.15) is 0 Å². The lowest BCUT2D eigenvalue weighted by atomic mass is 10.0. The lowest BCUT2D eigenvalue weighted by Gasteiger charge is -2.36. The van der Waals surface area contributed by atoms with Crippen LogP contribution < -0.4 is 0 Å². The molecule has 0 aromatic heterocycles. The average Bonchev–Trinajstić information content (AvgIpc) is 2.97. The molecule has 1 N–H and O–H groups in total. The summed E-state index contributed by atoms with van der Waals surface area (Å²) >= 11 is 0. The molecule has 0 aliphatic carbocycles. The summed E-state index contributed by atoms with van der Waals surface area (Å²) in [4.78, 5) is 13.5. The minimum Gasteiger partial charge on any atom is -0.480 e. The molecule has 5 heteroatoms. The lowest BCUT2D eigenvalue weighted by molar-refractivity contribution is -0.178. The lowest BCUT2D eigenvalue weighted by Crippen LogP contribution is -2.54. The van der Waals surface area contributed by atoms with Gasteiger partial charge >= 0.3 is 5.97 Å². The molecule has 0 amide bonds. The van der Waals surface area contributed by atoms with Crippen molar-refractivity contribution in [2.75, 3.05) is 13.2 Å². The Morgan fingerprint density at radius 3 is 2.50 bits per heavy atom. The maximum absolute atomic E-state index is 11.6. The number of benzene rings is 2. The van der Waals surface area contributed by atoms with Crippen LogP contribution in [0.3, 0.4) is 0 Å². The minimum absolute atomic E-state index is 0.0332. The van der Waals surface area contributed by atoms with Gasteiger partial charge in [0.05, 0.1) is 12.7 Å². The monoisotopic (exact) mass is 325 g/mol. The molecule has 2 aliphatic heterocycles. The van der Waals surface area contributed by atoms with E-state index in [1.165, 1.54) is 5.56 Å². The number of hydrogen-bond acceptors (Lipinski definition) is 4. The number of hydrogen-bond donors (Lipinski definition) is 1. The number of carboxylic acids is 1. The smallest absolute Gasteiger partial charge is 0.326 e. The second-order valence-electron chi connectivity index (χ2n) is 6.24. The SMILES string of the molecule is O=C(O)C1[C@@H]2OC[C@H](CN1Cc1ccc(-c3ccccc3)cc1)O2. The van der Waals surface area contributed by atoms with Gasteiger partial charge in [-0.05, 0) is 16.7 Å². The molecule has 3 atom stereocenters. The van der Waals surface area contributed by atoms with Crippen LogP contribution in [-0.4, -0.2) is 47.6 Å². The molecule has 124 valence electrons. The molecular weight excluding hydrogens is 306 g/mol. The Morgan fingerprint density at radius 1 is 1.08 bits per heavy atom. The zero-order valence-electron chi connectivity index (χ0n) is 13.2.